The van der Waals surface area contributed by atoms with E-state index in [-0.39, 0.29) is 5.91 Å². The number of primary amides is 1. The summed E-state index contributed by atoms with van der Waals surface area (Å²) in [5.74, 6) is 0.0923. The maximum atomic E-state index is 12.0. The minimum atomic E-state index is -0.338. The van der Waals surface area contributed by atoms with Crippen molar-refractivity contribution in [2.24, 2.45) is 5.73 Å². The molecular weight excluding hydrogens is 378 g/mol. The summed E-state index contributed by atoms with van der Waals surface area (Å²) in [6.45, 7) is 2.09. The number of halogens is 1. The summed E-state index contributed by atoms with van der Waals surface area (Å²) < 4.78 is 0. The van der Waals surface area contributed by atoms with Crippen molar-refractivity contribution in [2.75, 3.05) is 0 Å². The van der Waals surface area contributed by atoms with Crippen LogP contribution in [0.15, 0.2) is 66.2 Å². The number of alkyl halides is 1. The highest BCUT2D eigenvalue weighted by molar-refractivity contribution is 6.17. The molecule has 0 fully saturated rings. The molecule has 0 saturated carbocycles. The van der Waals surface area contributed by atoms with Gasteiger partial charge in [0.05, 0.1) is 0 Å². The molecular formula is C26H24ClNO. The SMILES string of the molecule is Cc1ccc(-c2ccc3c(c2-c2ccccc2CCl)C=C(C(N)=O)CCC3)cc1. The molecule has 2 N–H and O–H groups in total. The standard InChI is InChI=1S/C26H24ClNO/c1-17-9-11-19(12-10-17)23-14-13-18-6-4-7-20(26(28)29)15-24(18)25(23)22-8-3-2-5-21(22)16-27/h2-3,5,8-15H,4,6-7,16H2,1H3,(H2,28,29). The van der Waals surface area contributed by atoms with E-state index in [1.165, 1.54) is 11.1 Å². The van der Waals surface area contributed by atoms with Crippen LogP contribution in [0, 0.1) is 6.92 Å². The van der Waals surface area contributed by atoms with E-state index >= 15 is 0 Å². The zero-order chi connectivity index (χ0) is 20.4. The van der Waals surface area contributed by atoms with Gasteiger partial charge in [0, 0.05) is 11.5 Å². The van der Waals surface area contributed by atoms with Gasteiger partial charge in [0.15, 0.2) is 0 Å². The highest BCUT2D eigenvalue weighted by atomic mass is 35.5. The van der Waals surface area contributed by atoms with E-state index in [0.29, 0.717) is 17.9 Å². The number of benzene rings is 3. The molecule has 29 heavy (non-hydrogen) atoms. The van der Waals surface area contributed by atoms with Crippen LogP contribution in [0.3, 0.4) is 0 Å². The fourth-order valence-corrected chi connectivity index (χ4v) is 4.33. The first-order valence-corrected chi connectivity index (χ1v) is 10.5. The van der Waals surface area contributed by atoms with Crippen LogP contribution < -0.4 is 5.73 Å². The Morgan fingerprint density at radius 1 is 0.966 bits per heavy atom. The summed E-state index contributed by atoms with van der Waals surface area (Å²) in [5.41, 5.74) is 15.5. The molecule has 3 aromatic rings. The van der Waals surface area contributed by atoms with Gasteiger partial charge in [-0.3, -0.25) is 4.79 Å². The fraction of sp³-hybridized carbons (Fsp3) is 0.192. The minimum Gasteiger partial charge on any atom is -0.366 e. The van der Waals surface area contributed by atoms with Crippen LogP contribution in [0.5, 0.6) is 0 Å². The number of fused-ring (bicyclic) bond motifs is 1. The van der Waals surface area contributed by atoms with Crippen molar-refractivity contribution in [2.45, 2.75) is 32.1 Å². The van der Waals surface area contributed by atoms with Crippen LogP contribution >= 0.6 is 11.6 Å². The molecule has 4 rings (SSSR count). The number of aryl methyl sites for hydroxylation is 2. The average Bonchev–Trinajstić information content (AvgIpc) is 2.96. The molecule has 146 valence electrons. The van der Waals surface area contributed by atoms with Gasteiger partial charge >= 0.3 is 0 Å². The number of hydrogen-bond donors (Lipinski definition) is 1. The summed E-state index contributed by atoms with van der Waals surface area (Å²) in [4.78, 5) is 12.0. The molecule has 0 saturated heterocycles. The summed E-state index contributed by atoms with van der Waals surface area (Å²) >= 11 is 6.31. The van der Waals surface area contributed by atoms with Gasteiger partial charge in [-0.05, 0) is 71.2 Å². The Morgan fingerprint density at radius 3 is 2.45 bits per heavy atom. The first-order valence-electron chi connectivity index (χ1n) is 9.96. The second-order valence-corrected chi connectivity index (χ2v) is 7.87. The lowest BCUT2D eigenvalue weighted by atomic mass is 9.85. The molecule has 1 aliphatic rings. The number of carbonyl (C=O) groups is 1. The quantitative estimate of drug-likeness (QED) is 0.514. The zero-order valence-corrected chi connectivity index (χ0v) is 17.3. The van der Waals surface area contributed by atoms with E-state index in [2.05, 4.69) is 55.5 Å². The predicted molar refractivity (Wildman–Crippen MR) is 122 cm³/mol. The van der Waals surface area contributed by atoms with Gasteiger partial charge in [0.1, 0.15) is 0 Å². The highest BCUT2D eigenvalue weighted by Gasteiger charge is 2.20. The Labute approximate surface area is 177 Å². The van der Waals surface area contributed by atoms with Crippen molar-refractivity contribution >= 4 is 23.6 Å². The Bertz CT molecular complexity index is 1100. The number of carbonyl (C=O) groups excluding carboxylic acids is 1. The van der Waals surface area contributed by atoms with E-state index in [9.17, 15) is 4.79 Å². The zero-order valence-electron chi connectivity index (χ0n) is 16.5. The predicted octanol–water partition coefficient (Wildman–Crippen LogP) is 6.27. The molecule has 0 atom stereocenters. The molecule has 3 aromatic carbocycles. The first-order chi connectivity index (χ1) is 14.1. The summed E-state index contributed by atoms with van der Waals surface area (Å²) in [6, 6.07) is 21.2. The maximum absolute atomic E-state index is 12.0. The van der Waals surface area contributed by atoms with Crippen molar-refractivity contribution in [1.29, 1.82) is 0 Å². The molecule has 0 unspecified atom stereocenters. The Kier molecular flexibility index (Phi) is 5.55. The molecule has 0 aromatic heterocycles. The van der Waals surface area contributed by atoms with Crippen molar-refractivity contribution in [1.82, 2.24) is 0 Å². The van der Waals surface area contributed by atoms with Gasteiger partial charge in [-0.15, -0.1) is 11.6 Å². The number of rotatable bonds is 4. The fourth-order valence-electron chi connectivity index (χ4n) is 4.10. The highest BCUT2D eigenvalue weighted by Crippen LogP contribution is 2.41. The molecule has 0 bridgehead atoms. The summed E-state index contributed by atoms with van der Waals surface area (Å²) in [6.07, 6.45) is 4.55. The van der Waals surface area contributed by atoms with Crippen molar-refractivity contribution in [3.8, 4) is 22.3 Å². The average molecular weight is 402 g/mol. The lowest BCUT2D eigenvalue weighted by Crippen LogP contribution is -2.13. The third kappa shape index (κ3) is 3.86. The van der Waals surface area contributed by atoms with Gasteiger partial charge in [0.2, 0.25) is 5.91 Å². The van der Waals surface area contributed by atoms with Gasteiger partial charge in [0.25, 0.3) is 0 Å². The maximum Gasteiger partial charge on any atom is 0.244 e. The van der Waals surface area contributed by atoms with Crippen LogP contribution in [-0.4, -0.2) is 5.91 Å². The third-order valence-electron chi connectivity index (χ3n) is 5.66. The molecule has 2 nitrogen and oxygen atoms in total. The van der Waals surface area contributed by atoms with Gasteiger partial charge in [-0.2, -0.15) is 0 Å². The van der Waals surface area contributed by atoms with Crippen LogP contribution in [-0.2, 0) is 17.1 Å². The number of hydrogen-bond acceptors (Lipinski definition) is 1. The lowest BCUT2D eigenvalue weighted by molar-refractivity contribution is -0.114. The Hall–Kier alpha value is -2.84. The van der Waals surface area contributed by atoms with Crippen LogP contribution in [0.2, 0.25) is 0 Å². The second-order valence-electron chi connectivity index (χ2n) is 7.61. The van der Waals surface area contributed by atoms with Crippen LogP contribution in [0.1, 0.15) is 35.1 Å². The molecule has 3 heteroatoms. The third-order valence-corrected chi connectivity index (χ3v) is 5.94. The van der Waals surface area contributed by atoms with Crippen molar-refractivity contribution in [3.63, 3.8) is 0 Å². The molecule has 0 radical (unpaired) electrons. The largest absolute Gasteiger partial charge is 0.366 e. The van der Waals surface area contributed by atoms with E-state index in [1.54, 1.807) is 0 Å². The number of amides is 1. The van der Waals surface area contributed by atoms with Crippen LogP contribution in [0.25, 0.3) is 28.3 Å². The molecule has 1 aliphatic carbocycles. The minimum absolute atomic E-state index is 0.338. The summed E-state index contributed by atoms with van der Waals surface area (Å²) in [7, 11) is 0. The van der Waals surface area contributed by atoms with Gasteiger partial charge < -0.3 is 5.73 Å². The monoisotopic (exact) mass is 401 g/mol. The molecule has 0 spiro atoms. The first kappa shape index (κ1) is 19.5. The summed E-state index contributed by atoms with van der Waals surface area (Å²) in [5, 5.41) is 0. The van der Waals surface area contributed by atoms with E-state index < -0.39 is 0 Å². The topological polar surface area (TPSA) is 43.1 Å². The van der Waals surface area contributed by atoms with E-state index in [0.717, 1.165) is 46.2 Å². The normalized spacial score (nSPS) is 13.4. The molecule has 0 heterocycles. The van der Waals surface area contributed by atoms with Crippen molar-refractivity contribution in [3.05, 3.63) is 88.5 Å². The van der Waals surface area contributed by atoms with Crippen molar-refractivity contribution < 1.29 is 4.79 Å². The van der Waals surface area contributed by atoms with Gasteiger partial charge in [-0.25, -0.2) is 0 Å². The second kappa shape index (κ2) is 8.26. The van der Waals surface area contributed by atoms with Gasteiger partial charge in [-0.1, -0.05) is 66.2 Å². The molecule has 1 amide bonds. The number of nitrogens with two attached hydrogens (primary N) is 1. The van der Waals surface area contributed by atoms with E-state index in [1.807, 2.05) is 18.2 Å². The van der Waals surface area contributed by atoms with Crippen LogP contribution in [0.4, 0.5) is 0 Å². The lowest BCUT2D eigenvalue weighted by Gasteiger charge is -2.19. The Balaban J connectivity index is 2.07. The van der Waals surface area contributed by atoms with E-state index in [4.69, 9.17) is 17.3 Å². The molecule has 0 aliphatic heterocycles. The smallest absolute Gasteiger partial charge is 0.244 e. The Morgan fingerprint density at radius 2 is 1.72 bits per heavy atom.